The van der Waals surface area contributed by atoms with Crippen LogP contribution >= 0.6 is 0 Å². The lowest BCUT2D eigenvalue weighted by atomic mass is 10.2. The van der Waals surface area contributed by atoms with Gasteiger partial charge in [-0.25, -0.2) is 17.5 Å². The minimum atomic E-state index is -3.53. The van der Waals surface area contributed by atoms with E-state index in [0.717, 1.165) is 0 Å². The maximum Gasteiger partial charge on any atom is 0.244 e. The number of nitrogens with zero attached hydrogens (tertiary/aromatic N) is 5. The lowest BCUT2D eigenvalue weighted by Gasteiger charge is -2.37. The molecule has 1 fully saturated rings. The van der Waals surface area contributed by atoms with E-state index in [0.29, 0.717) is 24.5 Å². The minimum absolute atomic E-state index is 0.0801. The first kappa shape index (κ1) is 17.6. The molecule has 0 bridgehead atoms. The quantitative estimate of drug-likeness (QED) is 0.637. The van der Waals surface area contributed by atoms with Crippen molar-refractivity contribution < 1.29 is 17.5 Å². The Balaban J connectivity index is 1.34. The van der Waals surface area contributed by atoms with Gasteiger partial charge in [-0.3, -0.25) is 4.98 Å². The Labute approximate surface area is 155 Å². The van der Waals surface area contributed by atoms with Gasteiger partial charge in [0.1, 0.15) is 28.8 Å². The Hall–Kier alpha value is -2.85. The summed E-state index contributed by atoms with van der Waals surface area (Å²) in [5, 5.41) is 8.08. The van der Waals surface area contributed by atoms with Gasteiger partial charge in [-0.05, 0) is 36.4 Å². The summed E-state index contributed by atoms with van der Waals surface area (Å²) in [5.41, 5.74) is 0.605. The number of aromatic nitrogens is 4. The number of sulfonamides is 1. The van der Waals surface area contributed by atoms with Crippen molar-refractivity contribution in [3.8, 4) is 5.75 Å². The highest BCUT2D eigenvalue weighted by Gasteiger charge is 2.38. The molecule has 0 radical (unpaired) electrons. The van der Waals surface area contributed by atoms with Gasteiger partial charge in [0.25, 0.3) is 0 Å². The molecule has 27 heavy (non-hydrogen) atoms. The molecule has 3 aromatic rings. The molecule has 0 amide bonds. The predicted octanol–water partition coefficient (Wildman–Crippen LogP) is 1.64. The molecule has 1 aliphatic heterocycles. The molecule has 0 aliphatic carbocycles. The van der Waals surface area contributed by atoms with Gasteiger partial charge < -0.3 is 4.74 Å². The first-order chi connectivity index (χ1) is 13.0. The fraction of sp³-hybridized carbons (Fsp3) is 0.235. The van der Waals surface area contributed by atoms with Crippen molar-refractivity contribution in [2.24, 2.45) is 0 Å². The zero-order valence-electron chi connectivity index (χ0n) is 14.1. The summed E-state index contributed by atoms with van der Waals surface area (Å²) in [7, 11) is -3.53. The molecule has 1 aromatic carbocycles. The van der Waals surface area contributed by atoms with Crippen LogP contribution in [0.15, 0.2) is 59.9 Å². The number of pyridine rings is 1. The number of hydrogen-bond acceptors (Lipinski definition) is 6. The molecule has 0 spiro atoms. The van der Waals surface area contributed by atoms with Crippen LogP contribution in [0.4, 0.5) is 4.39 Å². The molecule has 0 saturated carbocycles. The highest BCUT2D eigenvalue weighted by Crippen LogP contribution is 2.27. The van der Waals surface area contributed by atoms with Crippen LogP contribution in [-0.4, -0.2) is 45.8 Å². The molecule has 0 atom stereocenters. The van der Waals surface area contributed by atoms with Gasteiger partial charge in [0.05, 0.1) is 12.2 Å². The first-order valence-corrected chi connectivity index (χ1v) is 9.65. The van der Waals surface area contributed by atoms with Crippen LogP contribution in [0.1, 0.15) is 11.7 Å². The van der Waals surface area contributed by atoms with Crippen LogP contribution < -0.4 is 4.74 Å². The monoisotopic (exact) mass is 389 g/mol. The fourth-order valence-electron chi connectivity index (χ4n) is 2.68. The molecule has 140 valence electrons. The number of rotatable bonds is 6. The smallest absolute Gasteiger partial charge is 0.244 e. The number of hydrogen-bond donors (Lipinski definition) is 0. The Bertz CT molecular complexity index is 1020. The Kier molecular flexibility index (Phi) is 4.58. The van der Waals surface area contributed by atoms with E-state index < -0.39 is 10.0 Å². The van der Waals surface area contributed by atoms with Crippen LogP contribution in [0.5, 0.6) is 5.75 Å². The van der Waals surface area contributed by atoms with Crippen LogP contribution in [-0.2, 0) is 16.6 Å². The molecule has 1 saturated heterocycles. The van der Waals surface area contributed by atoms with Crippen LogP contribution in [0.2, 0.25) is 0 Å². The third-order valence-corrected chi connectivity index (χ3v) is 6.05. The molecule has 8 nitrogen and oxygen atoms in total. The third-order valence-electron chi connectivity index (χ3n) is 4.23. The van der Waals surface area contributed by atoms with Crippen molar-refractivity contribution in [2.45, 2.75) is 17.5 Å². The van der Waals surface area contributed by atoms with Crippen LogP contribution in [0.3, 0.4) is 0 Å². The van der Waals surface area contributed by atoms with E-state index in [9.17, 15) is 12.8 Å². The Morgan fingerprint density at radius 1 is 1.19 bits per heavy atom. The SMILES string of the molecule is O=S(=O)(c1cccnc1)N1CC(n2cc(COc3ccc(F)cc3)nn2)C1. The van der Waals surface area contributed by atoms with Gasteiger partial charge in [-0.15, -0.1) is 5.10 Å². The number of ether oxygens (including phenoxy) is 1. The second-order valence-electron chi connectivity index (χ2n) is 6.10. The van der Waals surface area contributed by atoms with Crippen molar-refractivity contribution in [3.63, 3.8) is 0 Å². The summed E-state index contributed by atoms with van der Waals surface area (Å²) in [6.07, 6.45) is 4.59. The molecule has 3 heterocycles. The third kappa shape index (κ3) is 3.67. The van der Waals surface area contributed by atoms with Crippen molar-refractivity contribution >= 4 is 10.0 Å². The lowest BCUT2D eigenvalue weighted by Crippen LogP contribution is -2.50. The molecule has 1 aliphatic rings. The first-order valence-electron chi connectivity index (χ1n) is 8.21. The average Bonchev–Trinajstić information content (AvgIpc) is 3.09. The largest absolute Gasteiger partial charge is 0.487 e. The van der Waals surface area contributed by atoms with E-state index in [-0.39, 0.29) is 23.4 Å². The van der Waals surface area contributed by atoms with Gasteiger partial charge in [-0.1, -0.05) is 5.21 Å². The van der Waals surface area contributed by atoms with E-state index in [1.807, 2.05) is 0 Å². The fourth-order valence-corrected chi connectivity index (χ4v) is 4.15. The summed E-state index contributed by atoms with van der Waals surface area (Å²) in [5.74, 6) is 0.201. The minimum Gasteiger partial charge on any atom is -0.487 e. The standard InChI is InChI=1S/C17H16FN5O3S/c18-13-3-5-16(6-4-13)26-12-14-9-23(21-20-14)15-10-22(11-15)27(24,25)17-2-1-7-19-8-17/h1-9,15H,10-12H2. The van der Waals surface area contributed by atoms with E-state index in [4.69, 9.17) is 4.74 Å². The maximum atomic E-state index is 12.9. The summed E-state index contributed by atoms with van der Waals surface area (Å²) >= 11 is 0. The van der Waals surface area contributed by atoms with Gasteiger partial charge in [0.2, 0.25) is 10.0 Å². The molecular formula is C17H16FN5O3S. The predicted molar refractivity (Wildman–Crippen MR) is 92.8 cm³/mol. The Morgan fingerprint density at radius 3 is 2.67 bits per heavy atom. The van der Waals surface area contributed by atoms with Gasteiger partial charge in [0, 0.05) is 25.5 Å². The molecule has 10 heteroatoms. The molecule has 0 N–H and O–H groups in total. The normalized spacial score (nSPS) is 15.4. The number of halogens is 1. The highest BCUT2D eigenvalue weighted by molar-refractivity contribution is 7.89. The van der Waals surface area contributed by atoms with Gasteiger partial charge in [-0.2, -0.15) is 4.31 Å². The van der Waals surface area contributed by atoms with Gasteiger partial charge in [0.15, 0.2) is 0 Å². The average molecular weight is 389 g/mol. The van der Waals surface area contributed by atoms with Crippen LogP contribution in [0.25, 0.3) is 0 Å². The summed E-state index contributed by atoms with van der Waals surface area (Å²) in [4.78, 5) is 4.03. The summed E-state index contributed by atoms with van der Waals surface area (Å²) < 4.78 is 46.4. The zero-order chi connectivity index (χ0) is 18.9. The molecular weight excluding hydrogens is 373 g/mol. The topological polar surface area (TPSA) is 90.2 Å². The van der Waals surface area contributed by atoms with E-state index in [2.05, 4.69) is 15.3 Å². The number of benzene rings is 1. The second kappa shape index (κ2) is 7.05. The Morgan fingerprint density at radius 2 is 1.96 bits per heavy atom. The summed E-state index contributed by atoms with van der Waals surface area (Å²) in [6, 6.07) is 8.74. The van der Waals surface area contributed by atoms with Gasteiger partial charge >= 0.3 is 0 Å². The highest BCUT2D eigenvalue weighted by atomic mass is 32.2. The molecule has 2 aromatic heterocycles. The van der Waals surface area contributed by atoms with Crippen molar-refractivity contribution in [2.75, 3.05) is 13.1 Å². The van der Waals surface area contributed by atoms with Crippen molar-refractivity contribution in [1.29, 1.82) is 0 Å². The van der Waals surface area contributed by atoms with Crippen molar-refractivity contribution in [3.05, 3.63) is 66.5 Å². The maximum absolute atomic E-state index is 12.9. The second-order valence-corrected chi connectivity index (χ2v) is 8.03. The van der Waals surface area contributed by atoms with E-state index >= 15 is 0 Å². The van der Waals surface area contributed by atoms with Crippen molar-refractivity contribution in [1.82, 2.24) is 24.3 Å². The van der Waals surface area contributed by atoms with E-state index in [1.165, 1.54) is 47.0 Å². The molecule has 0 unspecified atom stereocenters. The molecule has 4 rings (SSSR count). The van der Waals surface area contributed by atoms with Crippen LogP contribution in [0, 0.1) is 5.82 Å². The van der Waals surface area contributed by atoms with E-state index in [1.54, 1.807) is 16.9 Å². The zero-order valence-corrected chi connectivity index (χ0v) is 15.0. The lowest BCUT2D eigenvalue weighted by molar-refractivity contribution is 0.188. The summed E-state index contributed by atoms with van der Waals surface area (Å²) in [6.45, 7) is 0.827.